The van der Waals surface area contributed by atoms with Gasteiger partial charge < -0.3 is 21.1 Å². The van der Waals surface area contributed by atoms with Crippen molar-refractivity contribution >= 4 is 18.0 Å². The maximum absolute atomic E-state index is 10.6. The van der Waals surface area contributed by atoms with Crippen LogP contribution in [0.5, 0.6) is 0 Å². The van der Waals surface area contributed by atoms with E-state index in [1.165, 1.54) is 6.08 Å². The molecule has 2 aromatic rings. The van der Waals surface area contributed by atoms with Crippen LogP contribution in [0.15, 0.2) is 36.4 Å². The van der Waals surface area contributed by atoms with E-state index < -0.39 is 24.6 Å². The zero-order chi connectivity index (χ0) is 20.0. The molecule has 0 fully saturated rings. The number of aliphatic hydroxyl groups excluding tert-OH is 2. The number of hydrogen-bond acceptors (Lipinski definition) is 6. The predicted octanol–water partition coefficient (Wildman–Crippen LogP) is 2.45. The largest absolute Gasteiger partial charge is 0.481 e. The number of aromatic nitrogens is 2. The van der Waals surface area contributed by atoms with Gasteiger partial charge in [-0.1, -0.05) is 56.3 Å². The highest BCUT2D eigenvalue weighted by molar-refractivity contribution is 5.74. The first-order valence-corrected chi connectivity index (χ1v) is 8.76. The summed E-state index contributed by atoms with van der Waals surface area (Å²) in [5.41, 5.74) is 8.89. The van der Waals surface area contributed by atoms with E-state index in [4.69, 9.17) is 10.8 Å². The molecule has 2 unspecified atom stereocenters. The number of aliphatic hydroxyl groups is 2. The second kappa shape index (κ2) is 9.25. The van der Waals surface area contributed by atoms with E-state index in [9.17, 15) is 15.0 Å². The first kappa shape index (κ1) is 20.5. The van der Waals surface area contributed by atoms with Crippen molar-refractivity contribution in [3.8, 4) is 11.3 Å². The topological polar surface area (TPSA) is 130 Å². The van der Waals surface area contributed by atoms with Crippen molar-refractivity contribution in [3.63, 3.8) is 0 Å². The normalized spacial score (nSPS) is 13.8. The van der Waals surface area contributed by atoms with Crippen molar-refractivity contribution in [1.29, 1.82) is 0 Å². The van der Waals surface area contributed by atoms with E-state index in [0.717, 1.165) is 16.8 Å². The Hall–Kier alpha value is -2.77. The van der Waals surface area contributed by atoms with Gasteiger partial charge in [0.2, 0.25) is 5.95 Å². The van der Waals surface area contributed by atoms with Crippen LogP contribution >= 0.6 is 0 Å². The van der Waals surface area contributed by atoms with Gasteiger partial charge in [-0.2, -0.15) is 0 Å². The van der Waals surface area contributed by atoms with E-state index in [1.807, 2.05) is 44.2 Å². The van der Waals surface area contributed by atoms with Crippen molar-refractivity contribution in [2.75, 3.05) is 5.73 Å². The molecule has 0 amide bonds. The van der Waals surface area contributed by atoms with Gasteiger partial charge in [-0.05, 0) is 5.92 Å². The minimum atomic E-state index is -1.12. The molecule has 0 radical (unpaired) electrons. The monoisotopic (exact) mass is 371 g/mol. The molecular weight excluding hydrogens is 346 g/mol. The van der Waals surface area contributed by atoms with Crippen molar-refractivity contribution in [2.24, 2.45) is 0 Å². The fraction of sp³-hybridized carbons (Fsp3) is 0.350. The van der Waals surface area contributed by atoms with Crippen LogP contribution in [-0.4, -0.2) is 43.5 Å². The Bertz CT molecular complexity index is 806. The third kappa shape index (κ3) is 5.87. The molecule has 7 nitrogen and oxygen atoms in total. The van der Waals surface area contributed by atoms with Gasteiger partial charge in [0.1, 0.15) is 0 Å². The van der Waals surface area contributed by atoms with Crippen LogP contribution in [-0.2, 0) is 4.79 Å². The summed E-state index contributed by atoms with van der Waals surface area (Å²) in [7, 11) is 0. The van der Waals surface area contributed by atoms with Crippen LogP contribution in [0.2, 0.25) is 0 Å². The number of carbonyl (C=O) groups is 1. The standard InChI is InChI=1S/C20H25N3O4/c1-12(2)18-16(9-8-14(24)10-15(25)11-17(26)27)19(23-20(21)22-18)13-6-4-3-5-7-13/h3-9,12,14-15,24-25H,10-11H2,1-2H3,(H,26,27)(H2,21,22,23)/b9-8+. The fourth-order valence-corrected chi connectivity index (χ4v) is 2.77. The second-order valence-corrected chi connectivity index (χ2v) is 6.66. The summed E-state index contributed by atoms with van der Waals surface area (Å²) in [5, 5.41) is 28.5. The molecule has 2 rings (SSSR count). The fourth-order valence-electron chi connectivity index (χ4n) is 2.77. The first-order chi connectivity index (χ1) is 12.8. The Kier molecular flexibility index (Phi) is 7.04. The third-order valence-electron chi connectivity index (χ3n) is 4.00. The van der Waals surface area contributed by atoms with Crippen LogP contribution < -0.4 is 5.73 Å². The molecule has 7 heteroatoms. The number of benzene rings is 1. The number of nitrogen functional groups attached to an aromatic ring is 1. The van der Waals surface area contributed by atoms with Crippen LogP contribution in [0.3, 0.4) is 0 Å². The van der Waals surface area contributed by atoms with Crippen molar-refractivity contribution in [2.45, 2.75) is 44.8 Å². The summed E-state index contributed by atoms with van der Waals surface area (Å²) in [4.78, 5) is 19.4. The minimum absolute atomic E-state index is 0.0731. The van der Waals surface area contributed by atoms with Crippen molar-refractivity contribution in [3.05, 3.63) is 47.7 Å². The molecule has 0 aliphatic rings. The van der Waals surface area contributed by atoms with Crippen molar-refractivity contribution in [1.82, 2.24) is 9.97 Å². The lowest BCUT2D eigenvalue weighted by molar-refractivity contribution is -0.139. The smallest absolute Gasteiger partial charge is 0.305 e. The molecular formula is C20H25N3O4. The molecule has 1 heterocycles. The molecule has 144 valence electrons. The van der Waals surface area contributed by atoms with Crippen LogP contribution in [0.1, 0.15) is 43.9 Å². The van der Waals surface area contributed by atoms with Gasteiger partial charge in [-0.3, -0.25) is 4.79 Å². The molecule has 0 bridgehead atoms. The zero-order valence-electron chi connectivity index (χ0n) is 15.4. The quantitative estimate of drug-likeness (QED) is 0.561. The van der Waals surface area contributed by atoms with Crippen molar-refractivity contribution < 1.29 is 20.1 Å². The van der Waals surface area contributed by atoms with Gasteiger partial charge in [0, 0.05) is 17.5 Å². The highest BCUT2D eigenvalue weighted by Gasteiger charge is 2.17. The highest BCUT2D eigenvalue weighted by Crippen LogP contribution is 2.29. The molecule has 2 atom stereocenters. The maximum Gasteiger partial charge on any atom is 0.305 e. The van der Waals surface area contributed by atoms with E-state index in [-0.39, 0.29) is 18.3 Å². The summed E-state index contributed by atoms with van der Waals surface area (Å²) >= 11 is 0. The molecule has 0 saturated heterocycles. The Morgan fingerprint density at radius 3 is 2.44 bits per heavy atom. The minimum Gasteiger partial charge on any atom is -0.481 e. The lowest BCUT2D eigenvalue weighted by Crippen LogP contribution is -2.19. The third-order valence-corrected chi connectivity index (χ3v) is 4.00. The lowest BCUT2D eigenvalue weighted by atomic mass is 9.97. The number of anilines is 1. The molecule has 27 heavy (non-hydrogen) atoms. The summed E-state index contributed by atoms with van der Waals surface area (Å²) in [6.45, 7) is 3.97. The molecule has 1 aromatic carbocycles. The second-order valence-electron chi connectivity index (χ2n) is 6.66. The van der Waals surface area contributed by atoms with Gasteiger partial charge in [0.15, 0.2) is 0 Å². The molecule has 5 N–H and O–H groups in total. The SMILES string of the molecule is CC(C)c1nc(N)nc(-c2ccccc2)c1/C=C/C(O)CC(O)CC(=O)O. The highest BCUT2D eigenvalue weighted by atomic mass is 16.4. The number of rotatable bonds is 8. The molecule has 0 spiro atoms. The molecule has 0 aliphatic carbocycles. The Morgan fingerprint density at radius 2 is 1.85 bits per heavy atom. The molecule has 1 aromatic heterocycles. The number of nitrogens with zero attached hydrogens (tertiary/aromatic N) is 2. The number of carboxylic acid groups (broad SMARTS) is 1. The maximum atomic E-state index is 10.6. The van der Waals surface area contributed by atoms with E-state index in [2.05, 4.69) is 9.97 Å². The van der Waals surface area contributed by atoms with E-state index >= 15 is 0 Å². The Balaban J connectivity index is 2.37. The number of hydrogen-bond donors (Lipinski definition) is 4. The van der Waals surface area contributed by atoms with Gasteiger partial charge in [-0.25, -0.2) is 9.97 Å². The average molecular weight is 371 g/mol. The summed E-state index contributed by atoms with van der Waals surface area (Å²) in [5.74, 6) is -0.863. The average Bonchev–Trinajstić information content (AvgIpc) is 2.59. The Labute approximate surface area is 158 Å². The zero-order valence-corrected chi connectivity index (χ0v) is 15.4. The summed E-state index contributed by atoms with van der Waals surface area (Å²) < 4.78 is 0. The van der Waals surface area contributed by atoms with Gasteiger partial charge in [-0.15, -0.1) is 0 Å². The lowest BCUT2D eigenvalue weighted by Gasteiger charge is -2.15. The van der Waals surface area contributed by atoms with Crippen LogP contribution in [0, 0.1) is 0 Å². The summed E-state index contributed by atoms with van der Waals surface area (Å²) in [6.07, 6.45) is 0.607. The first-order valence-electron chi connectivity index (χ1n) is 8.76. The molecule has 0 aliphatic heterocycles. The van der Waals surface area contributed by atoms with E-state index in [0.29, 0.717) is 5.69 Å². The molecule has 0 saturated carbocycles. The van der Waals surface area contributed by atoms with Crippen LogP contribution in [0.4, 0.5) is 5.95 Å². The van der Waals surface area contributed by atoms with Gasteiger partial charge in [0.05, 0.1) is 30.0 Å². The van der Waals surface area contributed by atoms with Gasteiger partial charge >= 0.3 is 5.97 Å². The number of nitrogens with two attached hydrogens (primary N) is 1. The Morgan fingerprint density at radius 1 is 1.19 bits per heavy atom. The van der Waals surface area contributed by atoms with Crippen LogP contribution in [0.25, 0.3) is 17.3 Å². The number of carboxylic acids is 1. The number of aliphatic carboxylic acids is 1. The summed E-state index contributed by atoms with van der Waals surface area (Å²) in [6, 6.07) is 9.52. The predicted molar refractivity (Wildman–Crippen MR) is 104 cm³/mol. The van der Waals surface area contributed by atoms with Gasteiger partial charge in [0.25, 0.3) is 0 Å². The van der Waals surface area contributed by atoms with E-state index in [1.54, 1.807) is 6.08 Å².